The summed E-state index contributed by atoms with van der Waals surface area (Å²) in [6.45, 7) is 6.23. The Kier molecular flexibility index (Phi) is 3.48. The predicted octanol–water partition coefficient (Wildman–Crippen LogP) is 3.95. The van der Waals surface area contributed by atoms with Gasteiger partial charge in [-0.2, -0.15) is 13.2 Å². The minimum Gasteiger partial charge on any atom is -0.205 e. The number of hydrogen-bond donors (Lipinski definition) is 0. The van der Waals surface area contributed by atoms with Gasteiger partial charge in [-0.15, -0.1) is 13.2 Å². The number of allylic oxidation sites excluding steroid dienone is 2. The highest BCUT2D eigenvalue weighted by atomic mass is 19.4. The molecule has 0 aliphatic heterocycles. The number of rotatable bonds is 4. The third-order valence-corrected chi connectivity index (χ3v) is 2.16. The molecule has 0 bridgehead atoms. The van der Waals surface area contributed by atoms with Crippen LogP contribution in [0.1, 0.15) is 13.3 Å². The Morgan fingerprint density at radius 1 is 1.07 bits per heavy atom. The number of alkyl halides is 5. The Bertz CT molecular complexity index is 228. The maximum Gasteiger partial charge on any atom is 0.403 e. The summed E-state index contributed by atoms with van der Waals surface area (Å²) in [6, 6.07) is 0. The highest BCUT2D eigenvalue weighted by molar-refractivity contribution is 5.07. The fraction of sp³-hybridized carbons (Fsp3) is 0.556. The summed E-state index contributed by atoms with van der Waals surface area (Å²) >= 11 is 0. The van der Waals surface area contributed by atoms with Crippen LogP contribution in [0.4, 0.5) is 22.0 Å². The van der Waals surface area contributed by atoms with Gasteiger partial charge >= 0.3 is 6.18 Å². The van der Waals surface area contributed by atoms with Crippen molar-refractivity contribution in [3.05, 3.63) is 25.3 Å². The standard InChI is InChI=1S/C9H11F5/c1-4-6-8(10,11)7(3,5-2)9(12,13)14/h4-5H,1-2,6H2,3H3. The Hall–Kier alpha value is -0.870. The van der Waals surface area contributed by atoms with E-state index in [9.17, 15) is 22.0 Å². The molecule has 0 N–H and O–H groups in total. The molecular formula is C9H11F5. The molecule has 0 rings (SSSR count). The largest absolute Gasteiger partial charge is 0.403 e. The first-order chi connectivity index (χ1) is 6.12. The summed E-state index contributed by atoms with van der Waals surface area (Å²) in [7, 11) is 0. The van der Waals surface area contributed by atoms with Gasteiger partial charge in [0.15, 0.2) is 0 Å². The Morgan fingerprint density at radius 3 is 1.71 bits per heavy atom. The molecule has 5 heteroatoms. The smallest absolute Gasteiger partial charge is 0.205 e. The first-order valence-corrected chi connectivity index (χ1v) is 3.81. The van der Waals surface area contributed by atoms with Gasteiger partial charge in [0, 0.05) is 6.42 Å². The van der Waals surface area contributed by atoms with Crippen LogP contribution in [-0.4, -0.2) is 12.1 Å². The van der Waals surface area contributed by atoms with Gasteiger partial charge in [0.2, 0.25) is 0 Å². The summed E-state index contributed by atoms with van der Waals surface area (Å²) < 4.78 is 63.2. The minimum absolute atomic E-state index is 0.233. The second kappa shape index (κ2) is 3.71. The van der Waals surface area contributed by atoms with Crippen molar-refractivity contribution in [2.45, 2.75) is 25.4 Å². The average Bonchev–Trinajstić information content (AvgIpc) is 2.00. The normalized spacial score (nSPS) is 17.3. The predicted molar refractivity (Wildman–Crippen MR) is 44.1 cm³/mol. The molecule has 0 saturated heterocycles. The molecule has 0 radical (unpaired) electrons. The molecule has 1 unspecified atom stereocenters. The van der Waals surface area contributed by atoms with Gasteiger partial charge in [0.05, 0.1) is 0 Å². The summed E-state index contributed by atoms with van der Waals surface area (Å²) in [5.74, 6) is -3.92. The second-order valence-corrected chi connectivity index (χ2v) is 3.10. The van der Waals surface area contributed by atoms with Crippen LogP contribution < -0.4 is 0 Å². The van der Waals surface area contributed by atoms with Gasteiger partial charge in [0.1, 0.15) is 5.41 Å². The van der Waals surface area contributed by atoms with Crippen molar-refractivity contribution in [2.75, 3.05) is 0 Å². The van der Waals surface area contributed by atoms with E-state index in [1.807, 2.05) is 0 Å². The average molecular weight is 214 g/mol. The molecule has 0 aromatic rings. The molecule has 1 atom stereocenters. The first kappa shape index (κ1) is 13.1. The van der Waals surface area contributed by atoms with Crippen LogP contribution in [0.3, 0.4) is 0 Å². The molecule has 14 heavy (non-hydrogen) atoms. The maximum atomic E-state index is 13.1. The lowest BCUT2D eigenvalue weighted by Gasteiger charge is -2.35. The van der Waals surface area contributed by atoms with Gasteiger partial charge < -0.3 is 0 Å². The molecular weight excluding hydrogens is 203 g/mol. The van der Waals surface area contributed by atoms with E-state index in [1.54, 1.807) is 0 Å². The second-order valence-electron chi connectivity index (χ2n) is 3.10. The van der Waals surface area contributed by atoms with E-state index >= 15 is 0 Å². The van der Waals surface area contributed by atoms with Crippen molar-refractivity contribution in [1.82, 2.24) is 0 Å². The number of hydrogen-bond acceptors (Lipinski definition) is 0. The van der Waals surface area contributed by atoms with Crippen LogP contribution in [0, 0.1) is 5.41 Å². The zero-order chi connectivity index (χ0) is 11.6. The molecule has 0 fully saturated rings. The molecule has 0 aliphatic carbocycles. The SMILES string of the molecule is C=CCC(F)(F)C(C)(C=C)C(F)(F)F. The third kappa shape index (κ3) is 1.96. The van der Waals surface area contributed by atoms with Gasteiger partial charge in [-0.05, 0) is 6.92 Å². The lowest BCUT2D eigenvalue weighted by molar-refractivity contribution is -0.270. The fourth-order valence-corrected chi connectivity index (χ4v) is 0.866. The van der Waals surface area contributed by atoms with Crippen LogP contribution >= 0.6 is 0 Å². The lowest BCUT2D eigenvalue weighted by Crippen LogP contribution is -2.48. The highest BCUT2D eigenvalue weighted by Crippen LogP contribution is 2.51. The van der Waals surface area contributed by atoms with E-state index in [2.05, 4.69) is 13.2 Å². The van der Waals surface area contributed by atoms with Gasteiger partial charge in [0.25, 0.3) is 5.92 Å². The van der Waals surface area contributed by atoms with E-state index in [1.165, 1.54) is 0 Å². The first-order valence-electron chi connectivity index (χ1n) is 3.81. The summed E-state index contributed by atoms with van der Waals surface area (Å²) in [4.78, 5) is 0. The molecule has 0 spiro atoms. The Labute approximate surface area is 79.1 Å². The van der Waals surface area contributed by atoms with Crippen molar-refractivity contribution in [3.8, 4) is 0 Å². The van der Waals surface area contributed by atoms with Crippen molar-refractivity contribution in [3.63, 3.8) is 0 Å². The molecule has 0 saturated carbocycles. The monoisotopic (exact) mass is 214 g/mol. The molecule has 0 aromatic carbocycles. The molecule has 82 valence electrons. The summed E-state index contributed by atoms with van der Waals surface area (Å²) in [6.07, 6.45) is -5.07. The molecule has 0 aliphatic rings. The third-order valence-electron chi connectivity index (χ3n) is 2.16. The molecule has 0 aromatic heterocycles. The fourth-order valence-electron chi connectivity index (χ4n) is 0.866. The van der Waals surface area contributed by atoms with Crippen LogP contribution in [-0.2, 0) is 0 Å². The lowest BCUT2D eigenvalue weighted by atomic mass is 9.81. The molecule has 0 nitrogen and oxygen atoms in total. The van der Waals surface area contributed by atoms with Crippen LogP contribution in [0.25, 0.3) is 0 Å². The van der Waals surface area contributed by atoms with E-state index in [0.29, 0.717) is 6.92 Å². The van der Waals surface area contributed by atoms with Crippen molar-refractivity contribution in [2.24, 2.45) is 5.41 Å². The summed E-state index contributed by atoms with van der Waals surface area (Å²) in [5.41, 5.74) is -3.21. The van der Waals surface area contributed by atoms with E-state index in [4.69, 9.17) is 0 Å². The maximum absolute atomic E-state index is 13.1. The molecule has 0 heterocycles. The zero-order valence-electron chi connectivity index (χ0n) is 7.67. The van der Waals surface area contributed by atoms with Crippen LogP contribution in [0.2, 0.25) is 0 Å². The van der Waals surface area contributed by atoms with Gasteiger partial charge in [-0.3, -0.25) is 0 Å². The quantitative estimate of drug-likeness (QED) is 0.491. The van der Waals surface area contributed by atoms with Crippen LogP contribution in [0.5, 0.6) is 0 Å². The topological polar surface area (TPSA) is 0 Å². The Morgan fingerprint density at radius 2 is 1.50 bits per heavy atom. The van der Waals surface area contributed by atoms with Crippen LogP contribution in [0.15, 0.2) is 25.3 Å². The zero-order valence-corrected chi connectivity index (χ0v) is 7.67. The van der Waals surface area contributed by atoms with Crippen molar-refractivity contribution < 1.29 is 22.0 Å². The van der Waals surface area contributed by atoms with Crippen molar-refractivity contribution >= 4 is 0 Å². The number of halogens is 5. The van der Waals surface area contributed by atoms with Gasteiger partial charge in [-0.25, -0.2) is 8.78 Å². The minimum atomic E-state index is -5.03. The van der Waals surface area contributed by atoms with E-state index in [0.717, 1.165) is 6.08 Å². The highest BCUT2D eigenvalue weighted by Gasteiger charge is 2.63. The van der Waals surface area contributed by atoms with E-state index in [-0.39, 0.29) is 6.08 Å². The molecule has 0 amide bonds. The van der Waals surface area contributed by atoms with E-state index < -0.39 is 23.9 Å². The van der Waals surface area contributed by atoms with Gasteiger partial charge in [-0.1, -0.05) is 12.2 Å². The van der Waals surface area contributed by atoms with Crippen molar-refractivity contribution in [1.29, 1.82) is 0 Å². The summed E-state index contributed by atoms with van der Waals surface area (Å²) in [5, 5.41) is 0. The Balaban J connectivity index is 5.23.